The van der Waals surface area contributed by atoms with Crippen LogP contribution in [0.5, 0.6) is 0 Å². The molecule has 0 spiro atoms. The van der Waals surface area contributed by atoms with Gasteiger partial charge in [-0.1, -0.05) is 0 Å². The first-order valence-corrected chi connectivity index (χ1v) is 7.59. The van der Waals surface area contributed by atoms with Crippen LogP contribution in [0.4, 0.5) is 0 Å². The fourth-order valence-corrected chi connectivity index (χ4v) is 2.12. The Balaban J connectivity index is 5.90. The van der Waals surface area contributed by atoms with Gasteiger partial charge >= 0.3 is 23.9 Å². The van der Waals surface area contributed by atoms with Gasteiger partial charge in [0.25, 0.3) is 0 Å². The smallest absolute Gasteiger partial charge is 0.303 e. The largest absolute Gasteiger partial charge is 0.457 e. The molecule has 0 aromatic carbocycles. The Labute approximate surface area is 149 Å². The van der Waals surface area contributed by atoms with Crippen molar-refractivity contribution in [3.63, 3.8) is 0 Å². The third-order valence-corrected chi connectivity index (χ3v) is 2.88. The molecule has 11 heteroatoms. The molecule has 0 heterocycles. The summed E-state index contributed by atoms with van der Waals surface area (Å²) in [5.41, 5.74) is 0. The minimum atomic E-state index is -1.50. The molecule has 1 amide bonds. The van der Waals surface area contributed by atoms with E-state index in [1.807, 2.05) is 0 Å². The Morgan fingerprint density at radius 1 is 0.808 bits per heavy atom. The summed E-state index contributed by atoms with van der Waals surface area (Å²) in [6.07, 6.45) is -5.34. The van der Waals surface area contributed by atoms with Crippen molar-refractivity contribution >= 4 is 30.3 Å². The molecule has 2 N–H and O–H groups in total. The standard InChI is InChI=1S/C15H23NO10/c1-8(19)23-12(5-16-7-18)14(25-10(3)21)15(26-11(4)22)13(6-17)24-9(2)20/h7,12-15,17H,5-6H2,1-4H3,(H,16,18). The predicted molar refractivity (Wildman–Crippen MR) is 83.4 cm³/mol. The van der Waals surface area contributed by atoms with Crippen LogP contribution in [-0.4, -0.2) is 73.0 Å². The number of carbonyl (C=O) groups is 5. The fraction of sp³-hybridized carbons (Fsp3) is 0.667. The average Bonchev–Trinajstić information content (AvgIpc) is 2.51. The zero-order valence-electron chi connectivity index (χ0n) is 14.9. The number of esters is 4. The number of aliphatic hydroxyl groups is 1. The molecule has 0 bridgehead atoms. The van der Waals surface area contributed by atoms with Crippen molar-refractivity contribution < 1.29 is 48.0 Å². The zero-order chi connectivity index (χ0) is 20.3. The number of amides is 1. The van der Waals surface area contributed by atoms with Gasteiger partial charge in [-0.15, -0.1) is 0 Å². The summed E-state index contributed by atoms with van der Waals surface area (Å²) in [7, 11) is 0. The van der Waals surface area contributed by atoms with E-state index in [0.717, 1.165) is 27.7 Å². The Morgan fingerprint density at radius 2 is 1.19 bits per heavy atom. The van der Waals surface area contributed by atoms with E-state index in [9.17, 15) is 29.1 Å². The van der Waals surface area contributed by atoms with Crippen molar-refractivity contribution in [2.75, 3.05) is 13.2 Å². The molecular formula is C15H23NO10. The first-order chi connectivity index (χ1) is 12.1. The number of hydrogen-bond acceptors (Lipinski definition) is 10. The summed E-state index contributed by atoms with van der Waals surface area (Å²) in [5, 5.41) is 11.7. The fourth-order valence-electron chi connectivity index (χ4n) is 2.12. The van der Waals surface area contributed by atoms with Gasteiger partial charge in [0.05, 0.1) is 13.2 Å². The van der Waals surface area contributed by atoms with Gasteiger partial charge < -0.3 is 29.4 Å². The van der Waals surface area contributed by atoms with Gasteiger partial charge in [-0.3, -0.25) is 24.0 Å². The van der Waals surface area contributed by atoms with Gasteiger partial charge in [-0.05, 0) is 0 Å². The summed E-state index contributed by atoms with van der Waals surface area (Å²) < 4.78 is 20.1. The number of ether oxygens (including phenoxy) is 4. The summed E-state index contributed by atoms with van der Waals surface area (Å²) in [4.78, 5) is 56.1. The van der Waals surface area contributed by atoms with E-state index < -0.39 is 54.9 Å². The van der Waals surface area contributed by atoms with Gasteiger partial charge in [0, 0.05) is 27.7 Å². The molecule has 26 heavy (non-hydrogen) atoms. The molecule has 4 atom stereocenters. The van der Waals surface area contributed by atoms with Crippen molar-refractivity contribution in [3.8, 4) is 0 Å². The highest BCUT2D eigenvalue weighted by Crippen LogP contribution is 2.19. The predicted octanol–water partition coefficient (Wildman–Crippen LogP) is -1.55. The van der Waals surface area contributed by atoms with Crippen LogP contribution < -0.4 is 5.32 Å². The van der Waals surface area contributed by atoms with Crippen LogP contribution in [0.3, 0.4) is 0 Å². The van der Waals surface area contributed by atoms with Crippen LogP contribution in [0.25, 0.3) is 0 Å². The lowest BCUT2D eigenvalue weighted by Crippen LogP contribution is -2.55. The minimum Gasteiger partial charge on any atom is -0.457 e. The molecule has 0 aliphatic heterocycles. The monoisotopic (exact) mass is 377 g/mol. The quantitative estimate of drug-likeness (QED) is 0.246. The Morgan fingerprint density at radius 3 is 1.54 bits per heavy atom. The highest BCUT2D eigenvalue weighted by Gasteiger charge is 2.43. The topological polar surface area (TPSA) is 155 Å². The normalized spacial score (nSPS) is 14.8. The van der Waals surface area contributed by atoms with Crippen molar-refractivity contribution in [1.82, 2.24) is 5.32 Å². The number of rotatable bonds is 11. The van der Waals surface area contributed by atoms with E-state index in [2.05, 4.69) is 5.32 Å². The third-order valence-electron chi connectivity index (χ3n) is 2.88. The van der Waals surface area contributed by atoms with E-state index in [4.69, 9.17) is 18.9 Å². The van der Waals surface area contributed by atoms with Crippen molar-refractivity contribution in [2.45, 2.75) is 52.1 Å². The Hall–Kier alpha value is -2.69. The van der Waals surface area contributed by atoms with Crippen LogP contribution in [0.1, 0.15) is 27.7 Å². The highest BCUT2D eigenvalue weighted by atomic mass is 16.6. The molecule has 0 aromatic heterocycles. The van der Waals surface area contributed by atoms with E-state index in [1.165, 1.54) is 0 Å². The maximum absolute atomic E-state index is 11.5. The number of nitrogens with one attached hydrogen (secondary N) is 1. The Kier molecular flexibility index (Phi) is 10.6. The van der Waals surface area contributed by atoms with E-state index in [0.29, 0.717) is 6.41 Å². The maximum Gasteiger partial charge on any atom is 0.303 e. The zero-order valence-corrected chi connectivity index (χ0v) is 14.9. The molecule has 0 aliphatic carbocycles. The van der Waals surface area contributed by atoms with Crippen LogP contribution in [-0.2, 0) is 42.9 Å². The van der Waals surface area contributed by atoms with Crippen LogP contribution in [0.15, 0.2) is 0 Å². The molecule has 4 unspecified atom stereocenters. The molecular weight excluding hydrogens is 354 g/mol. The van der Waals surface area contributed by atoms with Gasteiger partial charge in [-0.2, -0.15) is 0 Å². The summed E-state index contributed by atoms with van der Waals surface area (Å²) in [5.74, 6) is -3.22. The van der Waals surface area contributed by atoms with Crippen molar-refractivity contribution in [1.29, 1.82) is 0 Å². The molecule has 0 radical (unpaired) electrons. The van der Waals surface area contributed by atoms with Crippen LogP contribution in [0, 0.1) is 0 Å². The van der Waals surface area contributed by atoms with E-state index in [-0.39, 0.29) is 6.54 Å². The molecule has 0 saturated carbocycles. The first kappa shape index (κ1) is 23.3. The van der Waals surface area contributed by atoms with E-state index in [1.54, 1.807) is 0 Å². The van der Waals surface area contributed by atoms with Gasteiger partial charge in [-0.25, -0.2) is 0 Å². The average molecular weight is 377 g/mol. The van der Waals surface area contributed by atoms with Crippen molar-refractivity contribution in [2.24, 2.45) is 0 Å². The lowest BCUT2D eigenvalue weighted by molar-refractivity contribution is -0.200. The van der Waals surface area contributed by atoms with E-state index >= 15 is 0 Å². The second-order valence-electron chi connectivity index (χ2n) is 5.15. The Bertz CT molecular complexity index is 521. The molecule has 0 fully saturated rings. The highest BCUT2D eigenvalue weighted by molar-refractivity contribution is 5.69. The molecule has 11 nitrogen and oxygen atoms in total. The summed E-state index contributed by atoms with van der Waals surface area (Å²) >= 11 is 0. The molecule has 0 rings (SSSR count). The van der Waals surface area contributed by atoms with Gasteiger partial charge in [0.1, 0.15) is 0 Å². The second kappa shape index (κ2) is 11.8. The van der Waals surface area contributed by atoms with Crippen LogP contribution in [0.2, 0.25) is 0 Å². The molecule has 148 valence electrons. The SMILES string of the molecule is CC(=O)OC(CO)C(OC(C)=O)C(OC(C)=O)C(CNC=O)OC(C)=O. The molecule has 0 saturated heterocycles. The number of hydrogen-bond donors (Lipinski definition) is 2. The molecule has 0 aliphatic rings. The summed E-state index contributed by atoms with van der Waals surface area (Å²) in [6.45, 7) is 3.17. The first-order valence-electron chi connectivity index (χ1n) is 7.59. The van der Waals surface area contributed by atoms with Crippen LogP contribution >= 0.6 is 0 Å². The van der Waals surface area contributed by atoms with Gasteiger partial charge in [0.15, 0.2) is 24.4 Å². The minimum absolute atomic E-state index is 0.295. The molecule has 0 aromatic rings. The lowest BCUT2D eigenvalue weighted by atomic mass is 10.0. The van der Waals surface area contributed by atoms with Gasteiger partial charge in [0.2, 0.25) is 6.41 Å². The van der Waals surface area contributed by atoms with Crippen molar-refractivity contribution in [3.05, 3.63) is 0 Å². The maximum atomic E-state index is 11.5. The summed E-state index contributed by atoms with van der Waals surface area (Å²) in [6, 6.07) is 0. The second-order valence-corrected chi connectivity index (χ2v) is 5.15. The number of aliphatic hydroxyl groups excluding tert-OH is 1. The third kappa shape index (κ3) is 8.97. The lowest BCUT2D eigenvalue weighted by Gasteiger charge is -2.34. The number of carbonyl (C=O) groups excluding carboxylic acids is 5.